The summed E-state index contributed by atoms with van der Waals surface area (Å²) >= 11 is 3.29. The van der Waals surface area contributed by atoms with Crippen LogP contribution in [0, 0.1) is 11.7 Å². The Morgan fingerprint density at radius 2 is 2.29 bits per heavy atom. The van der Waals surface area contributed by atoms with Gasteiger partial charge < -0.3 is 5.11 Å². The molecule has 1 N–H and O–H groups in total. The summed E-state index contributed by atoms with van der Waals surface area (Å²) in [4.78, 5) is 11.0. The maximum absolute atomic E-state index is 14.0. The van der Waals surface area contributed by atoms with Gasteiger partial charge in [-0.05, 0) is 47.4 Å². The van der Waals surface area contributed by atoms with Crippen LogP contribution in [-0.2, 0) is 4.79 Å². The molecule has 1 aromatic carbocycles. The Labute approximate surface area is 128 Å². The number of carboxylic acid groups (broad SMARTS) is 1. The normalized spacial score (nSPS) is 15.9. The van der Waals surface area contributed by atoms with Gasteiger partial charge in [0.05, 0.1) is 18.0 Å². The van der Waals surface area contributed by atoms with Gasteiger partial charge in [0.25, 0.3) is 0 Å². The van der Waals surface area contributed by atoms with Gasteiger partial charge in [0.15, 0.2) is 5.82 Å². The van der Waals surface area contributed by atoms with Gasteiger partial charge >= 0.3 is 5.97 Å². The lowest BCUT2D eigenvalue weighted by molar-refractivity contribution is -0.138. The molecule has 8 heteroatoms. The Morgan fingerprint density at radius 1 is 1.52 bits per heavy atom. The topological polar surface area (TPSA) is 80.9 Å². The van der Waals surface area contributed by atoms with Gasteiger partial charge in [-0.25, -0.2) is 9.07 Å². The second-order valence-corrected chi connectivity index (χ2v) is 5.99. The lowest BCUT2D eigenvalue weighted by Gasteiger charge is -2.16. The van der Waals surface area contributed by atoms with Crippen LogP contribution in [0.5, 0.6) is 0 Å². The van der Waals surface area contributed by atoms with E-state index in [0.717, 1.165) is 12.8 Å². The zero-order chi connectivity index (χ0) is 15.0. The van der Waals surface area contributed by atoms with Crippen molar-refractivity contribution in [2.24, 2.45) is 5.92 Å². The van der Waals surface area contributed by atoms with Crippen LogP contribution in [0.1, 0.15) is 25.3 Å². The maximum atomic E-state index is 14.0. The van der Waals surface area contributed by atoms with Crippen molar-refractivity contribution in [2.75, 3.05) is 0 Å². The SMILES string of the molecule is O=C(O)CC(C1CC1)n1nnnc1-c1cc(Br)ccc1F. The number of aliphatic carboxylic acids is 1. The molecule has 1 fully saturated rings. The second kappa shape index (κ2) is 5.51. The van der Waals surface area contributed by atoms with E-state index in [0.29, 0.717) is 4.47 Å². The number of halogens is 2. The van der Waals surface area contributed by atoms with E-state index in [2.05, 4.69) is 31.5 Å². The number of hydrogen-bond donors (Lipinski definition) is 1. The van der Waals surface area contributed by atoms with E-state index in [4.69, 9.17) is 5.11 Å². The highest BCUT2D eigenvalue weighted by molar-refractivity contribution is 9.10. The Bertz CT molecular complexity index is 687. The lowest BCUT2D eigenvalue weighted by Crippen LogP contribution is -2.18. The van der Waals surface area contributed by atoms with Crippen LogP contribution in [-0.4, -0.2) is 31.3 Å². The Balaban J connectivity index is 2.03. The number of carbonyl (C=O) groups is 1. The first-order chi connectivity index (χ1) is 10.1. The van der Waals surface area contributed by atoms with Gasteiger partial charge in [-0.2, -0.15) is 0 Å². The number of hydrogen-bond acceptors (Lipinski definition) is 4. The average molecular weight is 355 g/mol. The average Bonchev–Trinajstić information content (AvgIpc) is 3.16. The molecule has 1 unspecified atom stereocenters. The van der Waals surface area contributed by atoms with E-state index in [-0.39, 0.29) is 29.8 Å². The van der Waals surface area contributed by atoms with Gasteiger partial charge in [0, 0.05) is 4.47 Å². The van der Waals surface area contributed by atoms with Gasteiger partial charge in [-0.3, -0.25) is 4.79 Å². The van der Waals surface area contributed by atoms with Crippen molar-refractivity contribution in [1.82, 2.24) is 20.2 Å². The third-order valence-corrected chi connectivity index (χ3v) is 4.02. The van der Waals surface area contributed by atoms with Gasteiger partial charge in [0.2, 0.25) is 0 Å². The smallest absolute Gasteiger partial charge is 0.305 e. The first-order valence-corrected chi connectivity index (χ1v) is 7.30. The van der Waals surface area contributed by atoms with E-state index >= 15 is 0 Å². The van der Waals surface area contributed by atoms with Crippen molar-refractivity contribution in [3.8, 4) is 11.4 Å². The number of aromatic nitrogens is 4. The molecular formula is C13H12BrFN4O2. The highest BCUT2D eigenvalue weighted by Gasteiger charge is 2.36. The Kier molecular flexibility index (Phi) is 3.71. The summed E-state index contributed by atoms with van der Waals surface area (Å²) < 4.78 is 16.2. The number of tetrazole rings is 1. The largest absolute Gasteiger partial charge is 0.481 e. The molecule has 0 saturated heterocycles. The molecular weight excluding hydrogens is 343 g/mol. The third kappa shape index (κ3) is 2.94. The van der Waals surface area contributed by atoms with Crippen LogP contribution in [0.2, 0.25) is 0 Å². The summed E-state index contributed by atoms with van der Waals surface area (Å²) in [5.74, 6) is -0.868. The summed E-state index contributed by atoms with van der Waals surface area (Å²) in [6.07, 6.45) is 1.81. The number of carboxylic acids is 1. The molecule has 0 spiro atoms. The molecule has 1 aliphatic carbocycles. The van der Waals surface area contributed by atoms with Gasteiger partial charge in [-0.15, -0.1) is 5.10 Å². The molecule has 1 atom stereocenters. The van der Waals surface area contributed by atoms with Crippen LogP contribution in [0.25, 0.3) is 11.4 Å². The fourth-order valence-electron chi connectivity index (χ4n) is 2.38. The number of rotatable bonds is 5. The molecule has 1 aromatic heterocycles. The minimum atomic E-state index is -0.914. The molecule has 1 saturated carbocycles. The molecule has 0 radical (unpaired) electrons. The van der Waals surface area contributed by atoms with E-state index in [1.54, 1.807) is 12.1 Å². The monoisotopic (exact) mass is 354 g/mol. The quantitative estimate of drug-likeness (QED) is 0.892. The number of benzene rings is 1. The minimum Gasteiger partial charge on any atom is -0.481 e. The zero-order valence-electron chi connectivity index (χ0n) is 10.9. The van der Waals surface area contributed by atoms with Crippen molar-refractivity contribution in [3.05, 3.63) is 28.5 Å². The van der Waals surface area contributed by atoms with Crippen LogP contribution >= 0.6 is 15.9 Å². The highest BCUT2D eigenvalue weighted by atomic mass is 79.9. The van der Waals surface area contributed by atoms with Crippen molar-refractivity contribution in [3.63, 3.8) is 0 Å². The van der Waals surface area contributed by atoms with Crippen LogP contribution in [0.3, 0.4) is 0 Å². The Morgan fingerprint density at radius 3 is 2.95 bits per heavy atom. The predicted molar refractivity (Wildman–Crippen MR) is 74.9 cm³/mol. The first-order valence-electron chi connectivity index (χ1n) is 6.51. The molecule has 21 heavy (non-hydrogen) atoms. The molecule has 0 amide bonds. The summed E-state index contributed by atoms with van der Waals surface area (Å²) in [5, 5.41) is 20.4. The molecule has 110 valence electrons. The van der Waals surface area contributed by atoms with Crippen LogP contribution < -0.4 is 0 Å². The predicted octanol–water partition coefficient (Wildman–Crippen LogP) is 2.67. The maximum Gasteiger partial charge on any atom is 0.305 e. The summed E-state index contributed by atoms with van der Waals surface area (Å²) in [5.41, 5.74) is 0.255. The van der Waals surface area contributed by atoms with Gasteiger partial charge in [-0.1, -0.05) is 15.9 Å². The fourth-order valence-corrected chi connectivity index (χ4v) is 2.74. The second-order valence-electron chi connectivity index (χ2n) is 5.07. The molecule has 2 aromatic rings. The number of nitrogens with zero attached hydrogens (tertiary/aromatic N) is 4. The zero-order valence-corrected chi connectivity index (χ0v) is 12.5. The summed E-state index contributed by atoms with van der Waals surface area (Å²) in [6, 6.07) is 4.15. The molecule has 1 aliphatic rings. The Hall–Kier alpha value is -1.83. The first kappa shape index (κ1) is 14.1. The third-order valence-electron chi connectivity index (χ3n) is 3.53. The standard InChI is InChI=1S/C13H12BrFN4O2/c14-8-3-4-10(15)9(5-8)13-16-17-18-19(13)11(6-12(20)21)7-1-2-7/h3-5,7,11H,1-2,6H2,(H,20,21). The van der Waals surface area contributed by atoms with Gasteiger partial charge in [0.1, 0.15) is 5.82 Å². The molecule has 0 bridgehead atoms. The summed E-state index contributed by atoms with van der Waals surface area (Å²) in [6.45, 7) is 0. The van der Waals surface area contributed by atoms with Crippen LogP contribution in [0.15, 0.2) is 22.7 Å². The fraction of sp³-hybridized carbons (Fsp3) is 0.385. The van der Waals surface area contributed by atoms with Crippen molar-refractivity contribution >= 4 is 21.9 Å². The van der Waals surface area contributed by atoms with E-state index in [1.807, 2.05) is 0 Å². The molecule has 0 aliphatic heterocycles. The summed E-state index contributed by atoms with van der Waals surface area (Å²) in [7, 11) is 0. The van der Waals surface area contributed by atoms with Crippen LogP contribution in [0.4, 0.5) is 4.39 Å². The molecule has 3 rings (SSSR count). The molecule has 6 nitrogen and oxygen atoms in total. The van der Waals surface area contributed by atoms with Crippen molar-refractivity contribution in [1.29, 1.82) is 0 Å². The van der Waals surface area contributed by atoms with E-state index in [9.17, 15) is 9.18 Å². The van der Waals surface area contributed by atoms with Crippen molar-refractivity contribution < 1.29 is 14.3 Å². The lowest BCUT2D eigenvalue weighted by atomic mass is 10.1. The minimum absolute atomic E-state index is 0.0711. The molecule has 1 heterocycles. The highest BCUT2D eigenvalue weighted by Crippen LogP contribution is 2.42. The van der Waals surface area contributed by atoms with Crippen molar-refractivity contribution in [2.45, 2.75) is 25.3 Å². The van der Waals surface area contributed by atoms with E-state index < -0.39 is 11.8 Å². The van der Waals surface area contributed by atoms with E-state index in [1.165, 1.54) is 10.7 Å².